The molecule has 0 aliphatic carbocycles. The first-order valence-corrected chi connectivity index (χ1v) is 6.47. The van der Waals surface area contributed by atoms with Crippen molar-refractivity contribution >= 4 is 5.97 Å². The summed E-state index contributed by atoms with van der Waals surface area (Å²) in [4.78, 5) is 12.6. The Hall–Kier alpha value is -0.750. The average Bonchev–Trinajstić information content (AvgIpc) is 2.33. The molecule has 1 heterocycles. The van der Waals surface area contributed by atoms with E-state index >= 15 is 0 Å². The van der Waals surface area contributed by atoms with Gasteiger partial charge in [0.2, 0.25) is 0 Å². The molecule has 1 fully saturated rings. The van der Waals surface area contributed by atoms with Crippen LogP contribution in [0.2, 0.25) is 0 Å². The monoisotopic (exact) mass is 264 g/mol. The maximum Gasteiger partial charge on any atom is 0.304 e. The van der Waals surface area contributed by atoms with Gasteiger partial charge in [0.1, 0.15) is 0 Å². The molecule has 0 aromatic rings. The first-order valence-electron chi connectivity index (χ1n) is 6.47. The second kappa shape index (κ2) is 7.63. The molecule has 4 nitrogen and oxygen atoms in total. The number of likely N-dealkylation sites (tertiary alicyclic amines) is 1. The molecule has 18 heavy (non-hydrogen) atoms. The Balaban J connectivity index is 2.41. The van der Waals surface area contributed by atoms with E-state index in [-0.39, 0.29) is 19.0 Å². The third kappa shape index (κ3) is 5.73. The van der Waals surface area contributed by atoms with Crippen molar-refractivity contribution < 1.29 is 18.7 Å². The van der Waals surface area contributed by atoms with Crippen LogP contribution in [0.25, 0.3) is 0 Å². The van der Waals surface area contributed by atoms with E-state index < -0.39 is 12.4 Å². The zero-order chi connectivity index (χ0) is 13.5. The summed E-state index contributed by atoms with van der Waals surface area (Å²) in [5.74, 6) is -0.353. The molecule has 1 aliphatic rings. The van der Waals surface area contributed by atoms with E-state index in [0.29, 0.717) is 19.0 Å². The highest BCUT2D eigenvalue weighted by Gasteiger charge is 2.26. The summed E-state index contributed by atoms with van der Waals surface area (Å²) < 4.78 is 24.3. The molecule has 0 radical (unpaired) electrons. The topological polar surface area (TPSA) is 52.6 Å². The minimum atomic E-state index is -2.33. The van der Waals surface area contributed by atoms with E-state index in [0.717, 1.165) is 19.4 Å². The van der Waals surface area contributed by atoms with Crippen LogP contribution in [0.1, 0.15) is 26.2 Å². The highest BCUT2D eigenvalue weighted by atomic mass is 19.3. The zero-order valence-electron chi connectivity index (χ0n) is 10.7. The van der Waals surface area contributed by atoms with Crippen molar-refractivity contribution in [1.82, 2.24) is 10.2 Å². The molecule has 0 aromatic carbocycles. The maximum atomic E-state index is 12.2. The highest BCUT2D eigenvalue weighted by Crippen LogP contribution is 2.20. The third-order valence-corrected chi connectivity index (χ3v) is 3.39. The third-order valence-electron chi connectivity index (χ3n) is 3.39. The molecule has 2 N–H and O–H groups in total. The second-order valence-corrected chi connectivity index (χ2v) is 4.91. The van der Waals surface area contributed by atoms with Gasteiger partial charge in [-0.15, -0.1) is 0 Å². The Morgan fingerprint density at radius 1 is 1.50 bits per heavy atom. The van der Waals surface area contributed by atoms with E-state index in [1.165, 1.54) is 0 Å². The van der Waals surface area contributed by atoms with Crippen LogP contribution in [-0.2, 0) is 4.79 Å². The van der Waals surface area contributed by atoms with Crippen LogP contribution >= 0.6 is 0 Å². The largest absolute Gasteiger partial charge is 0.481 e. The molecule has 0 amide bonds. The fourth-order valence-corrected chi connectivity index (χ4v) is 2.44. The van der Waals surface area contributed by atoms with Crippen LogP contribution in [0.15, 0.2) is 0 Å². The number of carboxylic acid groups (broad SMARTS) is 1. The van der Waals surface area contributed by atoms with Crippen molar-refractivity contribution in [2.75, 3.05) is 26.2 Å². The molecular weight excluding hydrogens is 242 g/mol. The minimum absolute atomic E-state index is 0.0477. The number of alkyl halides is 2. The molecule has 1 saturated heterocycles. The van der Waals surface area contributed by atoms with Gasteiger partial charge in [-0.2, -0.15) is 0 Å². The first kappa shape index (κ1) is 15.3. The van der Waals surface area contributed by atoms with Crippen molar-refractivity contribution in [3.05, 3.63) is 0 Å². The van der Waals surface area contributed by atoms with Crippen LogP contribution in [0.3, 0.4) is 0 Å². The van der Waals surface area contributed by atoms with Gasteiger partial charge in [-0.3, -0.25) is 4.79 Å². The lowest BCUT2D eigenvalue weighted by Crippen LogP contribution is -2.50. The van der Waals surface area contributed by atoms with Crippen LogP contribution in [0, 0.1) is 5.92 Å². The Morgan fingerprint density at radius 2 is 2.22 bits per heavy atom. The van der Waals surface area contributed by atoms with E-state index in [2.05, 4.69) is 17.1 Å². The lowest BCUT2D eigenvalue weighted by atomic mass is 9.92. The summed E-state index contributed by atoms with van der Waals surface area (Å²) >= 11 is 0. The van der Waals surface area contributed by atoms with Crippen molar-refractivity contribution in [2.45, 2.75) is 38.7 Å². The fourth-order valence-electron chi connectivity index (χ4n) is 2.44. The van der Waals surface area contributed by atoms with Gasteiger partial charge >= 0.3 is 5.97 Å². The predicted octanol–water partition coefficient (Wildman–Crippen LogP) is 1.42. The first-order chi connectivity index (χ1) is 8.51. The van der Waals surface area contributed by atoms with Crippen LogP contribution in [0.5, 0.6) is 0 Å². The quantitative estimate of drug-likeness (QED) is 0.730. The Morgan fingerprint density at radius 3 is 2.78 bits per heavy atom. The van der Waals surface area contributed by atoms with E-state index in [1.807, 2.05) is 0 Å². The number of rotatable bonds is 7. The Labute approximate surface area is 106 Å². The molecule has 106 valence electrons. The Kier molecular flexibility index (Phi) is 6.49. The van der Waals surface area contributed by atoms with Crippen LogP contribution < -0.4 is 5.32 Å². The number of nitrogens with one attached hydrogen (secondary N) is 1. The number of nitrogens with zero attached hydrogens (tertiary/aromatic N) is 1. The number of carboxylic acids is 1. The van der Waals surface area contributed by atoms with E-state index in [4.69, 9.17) is 5.11 Å². The molecule has 6 heteroatoms. The van der Waals surface area contributed by atoms with E-state index in [1.54, 1.807) is 0 Å². The van der Waals surface area contributed by atoms with Crippen molar-refractivity contribution in [3.63, 3.8) is 0 Å². The number of hydrogen-bond acceptors (Lipinski definition) is 3. The lowest BCUT2D eigenvalue weighted by molar-refractivity contribution is -0.137. The SMILES string of the molecule is CCC1CC(NCC(F)F)CN(CCC(=O)O)C1. The van der Waals surface area contributed by atoms with Crippen LogP contribution in [0.4, 0.5) is 8.78 Å². The Bertz CT molecular complexity index is 264. The summed E-state index contributed by atoms with van der Waals surface area (Å²) in [5, 5.41) is 11.5. The van der Waals surface area contributed by atoms with Gasteiger partial charge in [0.25, 0.3) is 6.43 Å². The van der Waals surface area contributed by atoms with Gasteiger partial charge in [-0.1, -0.05) is 13.3 Å². The van der Waals surface area contributed by atoms with Gasteiger partial charge in [-0.25, -0.2) is 8.78 Å². The predicted molar refractivity (Wildman–Crippen MR) is 64.9 cm³/mol. The minimum Gasteiger partial charge on any atom is -0.481 e. The second-order valence-electron chi connectivity index (χ2n) is 4.91. The normalized spacial score (nSPS) is 25.6. The summed E-state index contributed by atoms with van der Waals surface area (Å²) in [6.45, 7) is 3.83. The summed E-state index contributed by atoms with van der Waals surface area (Å²) in [5.41, 5.74) is 0. The van der Waals surface area contributed by atoms with Gasteiger partial charge in [0.15, 0.2) is 0 Å². The highest BCUT2D eigenvalue weighted by molar-refractivity contribution is 5.66. The maximum absolute atomic E-state index is 12.2. The van der Waals surface area contributed by atoms with Crippen molar-refractivity contribution in [1.29, 1.82) is 0 Å². The summed E-state index contributed by atoms with van der Waals surface area (Å²) in [7, 11) is 0. The number of carbonyl (C=O) groups is 1. The molecule has 2 unspecified atom stereocenters. The number of halogens is 2. The smallest absolute Gasteiger partial charge is 0.304 e. The van der Waals surface area contributed by atoms with Gasteiger partial charge in [0, 0.05) is 25.7 Å². The average molecular weight is 264 g/mol. The van der Waals surface area contributed by atoms with Crippen LogP contribution in [-0.4, -0.2) is 54.6 Å². The molecule has 0 saturated carbocycles. The zero-order valence-corrected chi connectivity index (χ0v) is 10.7. The van der Waals surface area contributed by atoms with Crippen molar-refractivity contribution in [2.24, 2.45) is 5.92 Å². The van der Waals surface area contributed by atoms with Gasteiger partial charge < -0.3 is 15.3 Å². The fraction of sp³-hybridized carbons (Fsp3) is 0.917. The van der Waals surface area contributed by atoms with Gasteiger partial charge in [0.05, 0.1) is 13.0 Å². The van der Waals surface area contributed by atoms with E-state index in [9.17, 15) is 13.6 Å². The number of aliphatic carboxylic acids is 1. The summed E-state index contributed by atoms with van der Waals surface area (Å²) in [6.07, 6.45) is -0.333. The van der Waals surface area contributed by atoms with Crippen molar-refractivity contribution in [3.8, 4) is 0 Å². The van der Waals surface area contributed by atoms with Gasteiger partial charge in [-0.05, 0) is 12.3 Å². The molecule has 0 aromatic heterocycles. The number of hydrogen-bond donors (Lipinski definition) is 2. The molecule has 1 aliphatic heterocycles. The molecule has 2 atom stereocenters. The molecule has 0 bridgehead atoms. The standard InChI is InChI=1S/C12H22F2N2O2/c1-2-9-5-10(15-6-11(13)14)8-16(7-9)4-3-12(17)18/h9-11,15H,2-8H2,1H3,(H,17,18). The summed E-state index contributed by atoms with van der Waals surface area (Å²) in [6, 6.07) is 0.0477. The molecular formula is C12H22F2N2O2. The number of piperidine rings is 1. The molecule has 1 rings (SSSR count). The molecule has 0 spiro atoms. The lowest BCUT2D eigenvalue weighted by Gasteiger charge is -2.37.